The van der Waals surface area contributed by atoms with E-state index in [0.717, 1.165) is 23.2 Å². The van der Waals surface area contributed by atoms with Gasteiger partial charge in [0.1, 0.15) is 5.75 Å². The topological polar surface area (TPSA) is 99.7 Å². The molecule has 0 unspecified atom stereocenters. The molecule has 0 saturated heterocycles. The molecule has 0 aliphatic heterocycles. The Morgan fingerprint density at radius 2 is 1.74 bits per heavy atom. The lowest BCUT2D eigenvalue weighted by Gasteiger charge is -2.10. The number of aromatic carboxylic acids is 1. The fraction of sp³-hybridized carbons (Fsp3) is 0.263. The number of hydrogen-bond acceptors (Lipinski definition) is 4. The third kappa shape index (κ3) is 7.67. The van der Waals surface area contributed by atoms with Crippen LogP contribution < -0.4 is 20.7 Å². The molecule has 0 saturated carbocycles. The number of carboxylic acids is 1. The van der Waals surface area contributed by atoms with E-state index in [4.69, 9.17) is 9.84 Å². The van der Waals surface area contributed by atoms with Gasteiger partial charge in [0, 0.05) is 18.8 Å². The zero-order chi connectivity index (χ0) is 19.5. The number of benzene rings is 2. The number of rotatable bonds is 10. The molecule has 144 valence electrons. The first kappa shape index (κ1) is 20.7. The average molecular weight is 436 g/mol. The fourth-order valence-electron chi connectivity index (χ4n) is 2.20. The predicted octanol–water partition coefficient (Wildman–Crippen LogP) is 3.33. The summed E-state index contributed by atoms with van der Waals surface area (Å²) in [7, 11) is 0. The highest BCUT2D eigenvalue weighted by atomic mass is 79.9. The smallest absolute Gasteiger partial charge is 0.335 e. The molecule has 0 heterocycles. The summed E-state index contributed by atoms with van der Waals surface area (Å²) in [6, 6.07) is 13.4. The van der Waals surface area contributed by atoms with Gasteiger partial charge in [-0.1, -0.05) is 12.1 Å². The molecule has 0 radical (unpaired) electrons. The Morgan fingerprint density at radius 1 is 1.00 bits per heavy atom. The monoisotopic (exact) mass is 435 g/mol. The molecule has 0 aromatic heterocycles. The molecule has 27 heavy (non-hydrogen) atoms. The molecule has 2 amide bonds. The number of hydrogen-bond donors (Lipinski definition) is 4. The summed E-state index contributed by atoms with van der Waals surface area (Å²) in [5.41, 5.74) is 0.712. The quantitative estimate of drug-likeness (QED) is 0.429. The summed E-state index contributed by atoms with van der Waals surface area (Å²) in [6.45, 7) is 2.50. The number of carbonyl (C=O) groups excluding carboxylic acids is 1. The maximum atomic E-state index is 11.8. The van der Waals surface area contributed by atoms with Crippen molar-refractivity contribution in [1.82, 2.24) is 10.6 Å². The van der Waals surface area contributed by atoms with Gasteiger partial charge in [0.05, 0.1) is 16.6 Å². The Kier molecular flexibility index (Phi) is 8.60. The van der Waals surface area contributed by atoms with E-state index in [-0.39, 0.29) is 11.6 Å². The van der Waals surface area contributed by atoms with Gasteiger partial charge < -0.3 is 25.8 Å². The number of halogens is 1. The van der Waals surface area contributed by atoms with Crippen molar-refractivity contribution in [3.05, 3.63) is 58.6 Å². The number of carbonyl (C=O) groups is 2. The van der Waals surface area contributed by atoms with Gasteiger partial charge in [-0.3, -0.25) is 0 Å². The van der Waals surface area contributed by atoms with Gasteiger partial charge in [-0.15, -0.1) is 0 Å². The normalized spacial score (nSPS) is 10.3. The van der Waals surface area contributed by atoms with E-state index >= 15 is 0 Å². The van der Waals surface area contributed by atoms with Gasteiger partial charge in [-0.2, -0.15) is 0 Å². The van der Waals surface area contributed by atoms with Gasteiger partial charge in [0.2, 0.25) is 0 Å². The van der Waals surface area contributed by atoms with Crippen molar-refractivity contribution in [2.75, 3.05) is 31.6 Å². The first-order valence-corrected chi connectivity index (χ1v) is 9.32. The van der Waals surface area contributed by atoms with Crippen molar-refractivity contribution in [1.29, 1.82) is 0 Å². The second kappa shape index (κ2) is 11.2. The van der Waals surface area contributed by atoms with Gasteiger partial charge >= 0.3 is 12.0 Å². The lowest BCUT2D eigenvalue weighted by molar-refractivity contribution is 0.0697. The zero-order valence-electron chi connectivity index (χ0n) is 14.7. The van der Waals surface area contributed by atoms with Crippen LogP contribution in [0.1, 0.15) is 16.8 Å². The molecule has 0 bridgehead atoms. The van der Waals surface area contributed by atoms with Crippen LogP contribution in [0.3, 0.4) is 0 Å². The van der Waals surface area contributed by atoms with Gasteiger partial charge in [0.15, 0.2) is 0 Å². The number of para-hydroxylation sites is 1. The summed E-state index contributed by atoms with van der Waals surface area (Å²) in [5.74, 6) is -0.175. The van der Waals surface area contributed by atoms with Crippen molar-refractivity contribution in [2.24, 2.45) is 0 Å². The highest BCUT2D eigenvalue weighted by Crippen LogP contribution is 2.23. The Balaban J connectivity index is 1.51. The Hall–Kier alpha value is -2.58. The maximum absolute atomic E-state index is 11.8. The Bertz CT molecular complexity index is 753. The van der Waals surface area contributed by atoms with E-state index in [0.29, 0.717) is 25.4 Å². The third-order valence-corrected chi connectivity index (χ3v) is 4.22. The Labute approximate surface area is 166 Å². The fourth-order valence-corrected chi connectivity index (χ4v) is 2.60. The van der Waals surface area contributed by atoms with Gasteiger partial charge in [-0.05, 0) is 65.3 Å². The number of ether oxygens (including phenoxy) is 1. The first-order valence-electron chi connectivity index (χ1n) is 8.52. The first-order chi connectivity index (χ1) is 13.1. The summed E-state index contributed by atoms with van der Waals surface area (Å²) < 4.78 is 6.60. The number of carboxylic acid groups (broad SMARTS) is 1. The summed E-state index contributed by atoms with van der Waals surface area (Å²) in [5, 5.41) is 17.4. The van der Waals surface area contributed by atoms with E-state index in [1.54, 1.807) is 12.1 Å². The van der Waals surface area contributed by atoms with Crippen molar-refractivity contribution in [3.8, 4) is 5.75 Å². The molecule has 2 aromatic carbocycles. The predicted molar refractivity (Wildman–Crippen MR) is 108 cm³/mol. The molecule has 8 heteroatoms. The zero-order valence-corrected chi connectivity index (χ0v) is 16.3. The summed E-state index contributed by atoms with van der Waals surface area (Å²) >= 11 is 3.43. The van der Waals surface area contributed by atoms with Crippen LogP contribution in [0.15, 0.2) is 53.0 Å². The third-order valence-electron chi connectivity index (χ3n) is 3.57. The minimum atomic E-state index is -1.00. The highest BCUT2D eigenvalue weighted by molar-refractivity contribution is 9.10. The van der Waals surface area contributed by atoms with Crippen molar-refractivity contribution in [2.45, 2.75) is 6.42 Å². The number of amides is 2. The van der Waals surface area contributed by atoms with Crippen molar-refractivity contribution in [3.63, 3.8) is 0 Å². The standard InChI is InChI=1S/C19H22BrN3O4/c20-16-4-1-2-5-17(16)27-13-3-10-21-11-12-22-19(26)23-15-8-6-14(7-9-15)18(24)25/h1-2,4-9,21H,3,10-13H2,(H,24,25)(H2,22,23,26). The van der Waals surface area contributed by atoms with E-state index in [1.807, 2.05) is 24.3 Å². The van der Waals surface area contributed by atoms with Crippen molar-refractivity contribution < 1.29 is 19.4 Å². The highest BCUT2D eigenvalue weighted by Gasteiger charge is 2.04. The van der Waals surface area contributed by atoms with Crippen LogP contribution in [0, 0.1) is 0 Å². The average Bonchev–Trinajstić information content (AvgIpc) is 2.65. The molecule has 0 aliphatic carbocycles. The number of anilines is 1. The second-order valence-corrected chi connectivity index (χ2v) is 6.50. The number of nitrogens with one attached hydrogen (secondary N) is 3. The van der Waals surface area contributed by atoms with E-state index in [2.05, 4.69) is 31.9 Å². The SMILES string of the molecule is O=C(NCCNCCCOc1ccccc1Br)Nc1ccc(C(=O)O)cc1. The van der Waals surface area contributed by atoms with E-state index in [9.17, 15) is 9.59 Å². The lowest BCUT2D eigenvalue weighted by atomic mass is 10.2. The van der Waals surface area contributed by atoms with Crippen LogP contribution in [0.4, 0.5) is 10.5 Å². The molecule has 0 spiro atoms. The van der Waals surface area contributed by atoms with E-state index in [1.165, 1.54) is 12.1 Å². The van der Waals surface area contributed by atoms with Gasteiger partial charge in [0.25, 0.3) is 0 Å². The largest absolute Gasteiger partial charge is 0.492 e. The molecule has 7 nitrogen and oxygen atoms in total. The van der Waals surface area contributed by atoms with Crippen molar-refractivity contribution >= 4 is 33.6 Å². The molecule has 2 aromatic rings. The van der Waals surface area contributed by atoms with Gasteiger partial charge in [-0.25, -0.2) is 9.59 Å². The van der Waals surface area contributed by atoms with Crippen LogP contribution in [0.25, 0.3) is 0 Å². The molecule has 0 aliphatic rings. The maximum Gasteiger partial charge on any atom is 0.335 e. The van der Waals surface area contributed by atoms with Crippen LogP contribution in [0.5, 0.6) is 5.75 Å². The van der Waals surface area contributed by atoms with Crippen LogP contribution in [-0.4, -0.2) is 43.3 Å². The molecular formula is C19H22BrN3O4. The van der Waals surface area contributed by atoms with E-state index < -0.39 is 5.97 Å². The van der Waals surface area contributed by atoms with Crippen LogP contribution in [-0.2, 0) is 0 Å². The van der Waals surface area contributed by atoms with Crippen LogP contribution in [0.2, 0.25) is 0 Å². The van der Waals surface area contributed by atoms with Crippen LogP contribution >= 0.6 is 15.9 Å². The summed E-state index contributed by atoms with van der Waals surface area (Å²) in [4.78, 5) is 22.5. The summed E-state index contributed by atoms with van der Waals surface area (Å²) in [6.07, 6.45) is 0.851. The molecule has 0 fully saturated rings. The molecule has 0 atom stereocenters. The minimum Gasteiger partial charge on any atom is -0.492 e. The number of urea groups is 1. The molecule has 2 rings (SSSR count). The second-order valence-electron chi connectivity index (χ2n) is 5.65. The molecular weight excluding hydrogens is 414 g/mol. The molecule has 4 N–H and O–H groups in total. The Morgan fingerprint density at radius 3 is 2.44 bits per heavy atom. The lowest BCUT2D eigenvalue weighted by Crippen LogP contribution is -2.35. The minimum absolute atomic E-state index is 0.175.